The van der Waals surface area contributed by atoms with Crippen LogP contribution in [0, 0.1) is 18.3 Å². The smallest absolute Gasteiger partial charge is 0.205 e. The van der Waals surface area contributed by atoms with Crippen LogP contribution in [0.4, 0.5) is 5.95 Å². The second-order valence-corrected chi connectivity index (χ2v) is 4.80. The van der Waals surface area contributed by atoms with Crippen molar-refractivity contribution in [3.8, 4) is 11.8 Å². The van der Waals surface area contributed by atoms with E-state index in [0.717, 1.165) is 22.3 Å². The van der Waals surface area contributed by atoms with Gasteiger partial charge in [-0.3, -0.25) is 4.57 Å². The van der Waals surface area contributed by atoms with Gasteiger partial charge >= 0.3 is 0 Å². The number of hydrogen-bond donors (Lipinski definition) is 1. The van der Waals surface area contributed by atoms with E-state index in [-0.39, 0.29) is 0 Å². The van der Waals surface area contributed by atoms with Crippen LogP contribution in [0.25, 0.3) is 16.7 Å². The summed E-state index contributed by atoms with van der Waals surface area (Å²) in [5.74, 6) is 0.471. The summed E-state index contributed by atoms with van der Waals surface area (Å²) in [4.78, 5) is 4.38. The van der Waals surface area contributed by atoms with Gasteiger partial charge in [-0.2, -0.15) is 5.26 Å². The number of imidazole rings is 1. The van der Waals surface area contributed by atoms with E-state index in [0.29, 0.717) is 12.4 Å². The van der Waals surface area contributed by atoms with Crippen molar-refractivity contribution in [2.75, 3.05) is 5.73 Å². The molecule has 0 radical (unpaired) electrons. The molecule has 2 aromatic carbocycles. The number of anilines is 1. The molecular weight excluding hydrogens is 248 g/mol. The van der Waals surface area contributed by atoms with Gasteiger partial charge < -0.3 is 5.73 Å². The van der Waals surface area contributed by atoms with E-state index < -0.39 is 0 Å². The number of nitrogens with two attached hydrogens (primary N) is 1. The molecule has 0 saturated heterocycles. The van der Waals surface area contributed by atoms with Crippen LogP contribution in [0.5, 0.6) is 0 Å². The number of benzene rings is 2. The van der Waals surface area contributed by atoms with E-state index in [1.807, 2.05) is 47.9 Å². The van der Waals surface area contributed by atoms with Gasteiger partial charge in [0.25, 0.3) is 0 Å². The molecule has 0 saturated carbocycles. The van der Waals surface area contributed by atoms with Gasteiger partial charge in [-0.05, 0) is 42.3 Å². The Kier molecular flexibility index (Phi) is 2.88. The first-order valence-electron chi connectivity index (χ1n) is 6.40. The highest BCUT2D eigenvalue weighted by atomic mass is 15.2. The Hall–Kier alpha value is -2.80. The normalized spacial score (nSPS) is 10.6. The third-order valence-corrected chi connectivity index (χ3v) is 3.31. The topological polar surface area (TPSA) is 67.6 Å². The molecule has 20 heavy (non-hydrogen) atoms. The Morgan fingerprint density at radius 3 is 2.65 bits per heavy atom. The van der Waals surface area contributed by atoms with Crippen LogP contribution in [0.2, 0.25) is 0 Å². The van der Waals surface area contributed by atoms with Gasteiger partial charge in [-0.15, -0.1) is 0 Å². The summed E-state index contributed by atoms with van der Waals surface area (Å²) in [6.45, 7) is 2.04. The third kappa shape index (κ3) is 1.99. The molecule has 0 spiro atoms. The highest BCUT2D eigenvalue weighted by Gasteiger charge is 2.09. The number of fused-ring (bicyclic) bond motifs is 1. The molecule has 4 heteroatoms. The molecule has 3 rings (SSSR count). The summed E-state index contributed by atoms with van der Waals surface area (Å²) in [5, 5.41) is 8.70. The van der Waals surface area contributed by atoms with Crippen molar-refractivity contribution >= 4 is 17.0 Å². The van der Waals surface area contributed by atoms with Crippen LogP contribution in [-0.2, 0) is 6.42 Å². The Morgan fingerprint density at radius 2 is 1.95 bits per heavy atom. The predicted octanol–water partition coefficient (Wildman–Crippen LogP) is 2.98. The van der Waals surface area contributed by atoms with Crippen molar-refractivity contribution < 1.29 is 0 Å². The van der Waals surface area contributed by atoms with E-state index >= 15 is 0 Å². The lowest BCUT2D eigenvalue weighted by atomic mass is 10.1. The van der Waals surface area contributed by atoms with Gasteiger partial charge in [-0.1, -0.05) is 18.2 Å². The van der Waals surface area contributed by atoms with Crippen LogP contribution >= 0.6 is 0 Å². The number of aryl methyl sites for hydroxylation is 1. The molecule has 0 amide bonds. The highest BCUT2D eigenvalue weighted by Crippen LogP contribution is 2.24. The highest BCUT2D eigenvalue weighted by molar-refractivity contribution is 5.81. The summed E-state index contributed by atoms with van der Waals surface area (Å²) in [6.07, 6.45) is 0.416. The summed E-state index contributed by atoms with van der Waals surface area (Å²) in [5.41, 5.74) is 11.0. The lowest BCUT2D eigenvalue weighted by Gasteiger charge is -2.07. The van der Waals surface area contributed by atoms with E-state index in [1.165, 1.54) is 5.56 Å². The number of nitrogens with zero attached hydrogens (tertiary/aromatic N) is 3. The van der Waals surface area contributed by atoms with E-state index in [9.17, 15) is 0 Å². The fourth-order valence-electron chi connectivity index (χ4n) is 2.33. The van der Waals surface area contributed by atoms with Crippen molar-refractivity contribution in [3.05, 3.63) is 53.6 Å². The van der Waals surface area contributed by atoms with Crippen LogP contribution in [0.15, 0.2) is 42.5 Å². The lowest BCUT2D eigenvalue weighted by Crippen LogP contribution is -2.00. The molecule has 2 N–H and O–H groups in total. The molecule has 1 aromatic heterocycles. The number of nitriles is 1. The Morgan fingerprint density at radius 1 is 1.20 bits per heavy atom. The van der Waals surface area contributed by atoms with E-state index in [1.54, 1.807) is 0 Å². The van der Waals surface area contributed by atoms with Crippen molar-refractivity contribution in [2.45, 2.75) is 13.3 Å². The largest absolute Gasteiger partial charge is 0.369 e. The van der Waals surface area contributed by atoms with Gasteiger partial charge in [-0.25, -0.2) is 4.98 Å². The quantitative estimate of drug-likeness (QED) is 0.772. The second-order valence-electron chi connectivity index (χ2n) is 4.80. The fourth-order valence-corrected chi connectivity index (χ4v) is 2.33. The molecule has 0 bridgehead atoms. The zero-order valence-electron chi connectivity index (χ0n) is 11.2. The van der Waals surface area contributed by atoms with E-state index in [4.69, 9.17) is 11.0 Å². The van der Waals surface area contributed by atoms with Crippen molar-refractivity contribution in [1.82, 2.24) is 9.55 Å². The SMILES string of the molecule is Cc1ccc2nc(N)n(-c3ccc(CC#N)cc3)c2c1. The maximum absolute atomic E-state index is 8.70. The summed E-state index contributed by atoms with van der Waals surface area (Å²) in [7, 11) is 0. The van der Waals surface area contributed by atoms with Gasteiger partial charge in [0, 0.05) is 5.69 Å². The Balaban J connectivity index is 2.16. The average Bonchev–Trinajstić information content (AvgIpc) is 2.76. The van der Waals surface area contributed by atoms with Crippen molar-refractivity contribution in [3.63, 3.8) is 0 Å². The van der Waals surface area contributed by atoms with E-state index in [2.05, 4.69) is 17.1 Å². The molecule has 0 unspecified atom stereocenters. The maximum atomic E-state index is 8.70. The van der Waals surface area contributed by atoms with Crippen molar-refractivity contribution in [1.29, 1.82) is 5.26 Å². The molecule has 3 aromatic rings. The monoisotopic (exact) mass is 262 g/mol. The van der Waals surface area contributed by atoms with Gasteiger partial charge in [0.2, 0.25) is 5.95 Å². The average molecular weight is 262 g/mol. The summed E-state index contributed by atoms with van der Waals surface area (Å²) in [6, 6.07) is 16.0. The molecule has 0 aliphatic carbocycles. The minimum Gasteiger partial charge on any atom is -0.369 e. The zero-order chi connectivity index (χ0) is 14.1. The predicted molar refractivity (Wildman–Crippen MR) is 79.5 cm³/mol. The van der Waals surface area contributed by atoms with Gasteiger partial charge in [0.15, 0.2) is 0 Å². The molecule has 1 heterocycles. The number of hydrogen-bond acceptors (Lipinski definition) is 3. The standard InChI is InChI=1S/C16H14N4/c1-11-2-7-14-15(10-11)20(16(18)19-14)13-5-3-12(4-6-13)8-9-17/h2-7,10H,8H2,1H3,(H2,18,19). The zero-order valence-corrected chi connectivity index (χ0v) is 11.2. The van der Waals surface area contributed by atoms with Crippen LogP contribution in [0.1, 0.15) is 11.1 Å². The Bertz CT molecular complexity index is 807. The third-order valence-electron chi connectivity index (χ3n) is 3.31. The van der Waals surface area contributed by atoms with Gasteiger partial charge in [0.1, 0.15) is 0 Å². The molecule has 0 aliphatic rings. The first kappa shape index (κ1) is 12.2. The second kappa shape index (κ2) is 4.71. The minimum atomic E-state index is 0.416. The molecule has 0 atom stereocenters. The molecule has 0 fully saturated rings. The first-order valence-corrected chi connectivity index (χ1v) is 6.40. The molecular formula is C16H14N4. The van der Waals surface area contributed by atoms with Gasteiger partial charge in [0.05, 0.1) is 23.5 Å². The molecule has 0 aliphatic heterocycles. The molecule has 4 nitrogen and oxygen atoms in total. The van der Waals surface area contributed by atoms with Crippen LogP contribution in [-0.4, -0.2) is 9.55 Å². The maximum Gasteiger partial charge on any atom is 0.205 e. The summed E-state index contributed by atoms with van der Waals surface area (Å²) < 4.78 is 1.93. The van der Waals surface area contributed by atoms with Crippen LogP contribution in [0.3, 0.4) is 0 Å². The Labute approximate surface area is 117 Å². The van der Waals surface area contributed by atoms with Crippen LogP contribution < -0.4 is 5.73 Å². The fraction of sp³-hybridized carbons (Fsp3) is 0.125. The van der Waals surface area contributed by atoms with Crippen molar-refractivity contribution in [2.24, 2.45) is 0 Å². The summed E-state index contributed by atoms with van der Waals surface area (Å²) >= 11 is 0. The molecule has 98 valence electrons. The first-order chi connectivity index (χ1) is 9.69. The number of rotatable bonds is 2. The number of aromatic nitrogens is 2. The lowest BCUT2D eigenvalue weighted by molar-refractivity contribution is 1.10. The number of nitrogen functional groups attached to an aromatic ring is 1. The minimum absolute atomic E-state index is 0.416.